The van der Waals surface area contributed by atoms with Crippen LogP contribution < -0.4 is 4.72 Å². The molecule has 1 saturated heterocycles. The van der Waals surface area contributed by atoms with Crippen molar-refractivity contribution in [2.45, 2.75) is 25.7 Å². The van der Waals surface area contributed by atoms with E-state index in [0.717, 1.165) is 25.8 Å². The second-order valence-corrected chi connectivity index (χ2v) is 8.98. The van der Waals surface area contributed by atoms with Crippen molar-refractivity contribution in [3.63, 3.8) is 0 Å². The van der Waals surface area contributed by atoms with Gasteiger partial charge < -0.3 is 4.90 Å². The highest BCUT2D eigenvalue weighted by Crippen LogP contribution is 2.19. The first kappa shape index (κ1) is 18.9. The number of nitrogens with zero attached hydrogens (tertiary/aromatic N) is 1. The first-order valence-electron chi connectivity index (χ1n) is 9.11. The van der Waals surface area contributed by atoms with E-state index in [1.807, 2.05) is 17.0 Å². The molecule has 2 aromatic carbocycles. The summed E-state index contributed by atoms with van der Waals surface area (Å²) in [5.74, 6) is 0.352. The number of sulfonamides is 1. The topological polar surface area (TPSA) is 66.5 Å². The average molecular weight is 375 g/mol. The van der Waals surface area contributed by atoms with Gasteiger partial charge in [0.2, 0.25) is 15.9 Å². The summed E-state index contributed by atoms with van der Waals surface area (Å²) in [6, 6.07) is 14.6. The highest BCUT2D eigenvalue weighted by Gasteiger charge is 2.24. The normalized spacial score (nSPS) is 18.2. The molecule has 0 unspecified atom stereocenters. The predicted molar refractivity (Wildman–Crippen MR) is 104 cm³/mol. The molecule has 140 valence electrons. The summed E-state index contributed by atoms with van der Waals surface area (Å²) in [7, 11) is -3.18. The van der Waals surface area contributed by atoms with Gasteiger partial charge in [0.05, 0.1) is 6.26 Å². The zero-order valence-electron chi connectivity index (χ0n) is 15.1. The summed E-state index contributed by atoms with van der Waals surface area (Å²) in [5.41, 5.74) is 1.17. The minimum absolute atomic E-state index is 0.155. The number of hydrogen-bond donors (Lipinski definition) is 1. The molecule has 3 rings (SSSR count). The maximum atomic E-state index is 12.6. The molecule has 1 aliphatic rings. The molecule has 0 saturated carbocycles. The standard InChI is InChI=1S/C20H26N2O3S/c1-26(24,25)21-14-17-5-4-12-22(15-17)20(23)11-9-16-8-10-18-6-2-3-7-19(18)13-16/h2-3,6-8,10,13,17,21H,4-5,9,11-12,14-15H2,1H3/t17-/m1/s1. The summed E-state index contributed by atoms with van der Waals surface area (Å²) >= 11 is 0. The third kappa shape index (κ3) is 5.29. The fraction of sp³-hybridized carbons (Fsp3) is 0.450. The number of benzene rings is 2. The first-order chi connectivity index (χ1) is 12.4. The number of fused-ring (bicyclic) bond motifs is 1. The Hall–Kier alpha value is -1.92. The van der Waals surface area contributed by atoms with Gasteiger partial charge in [-0.25, -0.2) is 13.1 Å². The molecule has 1 amide bonds. The number of hydrogen-bond acceptors (Lipinski definition) is 3. The Morgan fingerprint density at radius 3 is 2.73 bits per heavy atom. The molecule has 0 aliphatic carbocycles. The maximum Gasteiger partial charge on any atom is 0.222 e. The summed E-state index contributed by atoms with van der Waals surface area (Å²) < 4.78 is 25.1. The van der Waals surface area contributed by atoms with Crippen LogP contribution in [0.15, 0.2) is 42.5 Å². The van der Waals surface area contributed by atoms with Crippen molar-refractivity contribution in [1.82, 2.24) is 9.62 Å². The van der Waals surface area contributed by atoms with Crippen LogP contribution in [0, 0.1) is 5.92 Å². The van der Waals surface area contributed by atoms with Crippen molar-refractivity contribution in [2.75, 3.05) is 25.9 Å². The molecule has 1 N–H and O–H groups in total. The number of carbonyl (C=O) groups is 1. The fourth-order valence-corrected chi connectivity index (χ4v) is 4.07. The van der Waals surface area contributed by atoms with E-state index in [0.29, 0.717) is 19.5 Å². The molecule has 26 heavy (non-hydrogen) atoms. The zero-order valence-corrected chi connectivity index (χ0v) is 16.0. The van der Waals surface area contributed by atoms with Crippen LogP contribution in [0.25, 0.3) is 10.8 Å². The molecule has 1 fully saturated rings. The van der Waals surface area contributed by atoms with Crippen LogP contribution >= 0.6 is 0 Å². The highest BCUT2D eigenvalue weighted by atomic mass is 32.2. The summed E-state index contributed by atoms with van der Waals surface area (Å²) in [6.07, 6.45) is 4.27. The SMILES string of the molecule is CS(=O)(=O)NC[C@H]1CCCN(C(=O)CCc2ccc3ccccc3c2)C1. The quantitative estimate of drug-likeness (QED) is 0.845. The molecule has 0 bridgehead atoms. The van der Waals surface area contributed by atoms with Crippen molar-refractivity contribution in [2.24, 2.45) is 5.92 Å². The monoisotopic (exact) mass is 374 g/mol. The second-order valence-electron chi connectivity index (χ2n) is 7.15. The van der Waals surface area contributed by atoms with E-state index in [2.05, 4.69) is 35.1 Å². The van der Waals surface area contributed by atoms with Gasteiger partial charge in [0.15, 0.2) is 0 Å². The highest BCUT2D eigenvalue weighted by molar-refractivity contribution is 7.88. The van der Waals surface area contributed by atoms with Crippen LogP contribution in [-0.2, 0) is 21.2 Å². The van der Waals surface area contributed by atoms with Crippen LogP contribution in [0.5, 0.6) is 0 Å². The number of likely N-dealkylation sites (tertiary alicyclic amines) is 1. The van der Waals surface area contributed by atoms with Crippen LogP contribution in [0.2, 0.25) is 0 Å². The van der Waals surface area contributed by atoms with E-state index < -0.39 is 10.0 Å². The Labute approximate surface area is 155 Å². The van der Waals surface area contributed by atoms with Gasteiger partial charge in [-0.05, 0) is 41.5 Å². The molecule has 1 heterocycles. The van der Waals surface area contributed by atoms with Gasteiger partial charge in [0.1, 0.15) is 0 Å². The second kappa shape index (κ2) is 8.18. The fourth-order valence-electron chi connectivity index (χ4n) is 3.53. The number of rotatable bonds is 6. The van der Waals surface area contributed by atoms with Crippen molar-refractivity contribution < 1.29 is 13.2 Å². The lowest BCUT2D eigenvalue weighted by atomic mass is 9.97. The van der Waals surface area contributed by atoms with E-state index in [-0.39, 0.29) is 11.8 Å². The third-order valence-electron chi connectivity index (χ3n) is 4.95. The number of aryl methyl sites for hydroxylation is 1. The van der Waals surface area contributed by atoms with E-state index >= 15 is 0 Å². The molecule has 0 radical (unpaired) electrons. The van der Waals surface area contributed by atoms with Gasteiger partial charge in [-0.3, -0.25) is 4.79 Å². The first-order valence-corrected chi connectivity index (χ1v) is 11.0. The largest absolute Gasteiger partial charge is 0.342 e. The van der Waals surface area contributed by atoms with E-state index in [4.69, 9.17) is 0 Å². The Morgan fingerprint density at radius 2 is 1.96 bits per heavy atom. The van der Waals surface area contributed by atoms with Crippen LogP contribution in [0.4, 0.5) is 0 Å². The minimum atomic E-state index is -3.18. The van der Waals surface area contributed by atoms with Crippen molar-refractivity contribution in [1.29, 1.82) is 0 Å². The van der Waals surface area contributed by atoms with Gasteiger partial charge in [-0.2, -0.15) is 0 Å². The number of carbonyl (C=O) groups excluding carboxylic acids is 1. The lowest BCUT2D eigenvalue weighted by molar-refractivity contribution is -0.132. The maximum absolute atomic E-state index is 12.6. The predicted octanol–water partition coefficient (Wildman–Crippen LogP) is 2.56. The number of amides is 1. The van der Waals surface area contributed by atoms with Crippen LogP contribution in [-0.4, -0.2) is 45.1 Å². The molecule has 2 aromatic rings. The zero-order chi connectivity index (χ0) is 18.6. The molecular formula is C20H26N2O3S. The van der Waals surface area contributed by atoms with Gasteiger partial charge in [-0.1, -0.05) is 42.5 Å². The van der Waals surface area contributed by atoms with E-state index in [1.165, 1.54) is 22.6 Å². The molecule has 1 aliphatic heterocycles. The smallest absolute Gasteiger partial charge is 0.222 e. The summed E-state index contributed by atoms with van der Waals surface area (Å²) in [6.45, 7) is 1.82. The van der Waals surface area contributed by atoms with Crippen molar-refractivity contribution >= 4 is 26.7 Å². The Kier molecular flexibility index (Phi) is 5.94. The minimum Gasteiger partial charge on any atom is -0.342 e. The summed E-state index contributed by atoms with van der Waals surface area (Å²) in [4.78, 5) is 14.5. The Balaban J connectivity index is 1.53. The third-order valence-corrected chi connectivity index (χ3v) is 5.64. The molecule has 5 nitrogen and oxygen atoms in total. The van der Waals surface area contributed by atoms with E-state index in [1.54, 1.807) is 0 Å². The molecular weight excluding hydrogens is 348 g/mol. The van der Waals surface area contributed by atoms with Crippen LogP contribution in [0.1, 0.15) is 24.8 Å². The van der Waals surface area contributed by atoms with Gasteiger partial charge in [0, 0.05) is 26.1 Å². The molecule has 1 atom stereocenters. The number of nitrogens with one attached hydrogen (secondary N) is 1. The average Bonchev–Trinajstić information content (AvgIpc) is 2.64. The number of piperidine rings is 1. The van der Waals surface area contributed by atoms with Gasteiger partial charge >= 0.3 is 0 Å². The summed E-state index contributed by atoms with van der Waals surface area (Å²) in [5, 5.41) is 2.40. The lowest BCUT2D eigenvalue weighted by Crippen LogP contribution is -2.43. The van der Waals surface area contributed by atoms with Gasteiger partial charge in [0.25, 0.3) is 0 Å². The Bertz CT molecular complexity index is 880. The van der Waals surface area contributed by atoms with Crippen molar-refractivity contribution in [3.05, 3.63) is 48.0 Å². The Morgan fingerprint density at radius 1 is 1.19 bits per heavy atom. The lowest BCUT2D eigenvalue weighted by Gasteiger charge is -2.33. The van der Waals surface area contributed by atoms with Crippen molar-refractivity contribution in [3.8, 4) is 0 Å². The molecule has 0 aromatic heterocycles. The molecule has 0 spiro atoms. The van der Waals surface area contributed by atoms with Gasteiger partial charge in [-0.15, -0.1) is 0 Å². The van der Waals surface area contributed by atoms with E-state index in [9.17, 15) is 13.2 Å². The molecule has 6 heteroatoms. The van der Waals surface area contributed by atoms with Crippen LogP contribution in [0.3, 0.4) is 0 Å².